The Hall–Kier alpha value is -0.500. The van der Waals surface area contributed by atoms with Crippen LogP contribution in [-0.2, 0) is 10.0 Å². The summed E-state index contributed by atoms with van der Waals surface area (Å²) in [6, 6.07) is 3.55. The van der Waals surface area contributed by atoms with E-state index in [2.05, 4.69) is 20.7 Å². The van der Waals surface area contributed by atoms with E-state index in [1.165, 1.54) is 12.1 Å². The van der Waals surface area contributed by atoms with Crippen molar-refractivity contribution in [3.63, 3.8) is 0 Å². The van der Waals surface area contributed by atoms with Gasteiger partial charge in [0.05, 0.1) is 15.5 Å². The fraction of sp³-hybridized carbons (Fsp3) is 0.455. The molecule has 0 spiro atoms. The molecule has 0 fully saturated rings. The normalized spacial score (nSPS) is 13.6. The number of aliphatic hydroxyl groups excluding tert-OH is 1. The predicted octanol–water partition coefficient (Wildman–Crippen LogP) is 2.03. The van der Waals surface area contributed by atoms with Crippen molar-refractivity contribution in [3.05, 3.63) is 28.5 Å². The Morgan fingerprint density at radius 2 is 2.17 bits per heavy atom. The van der Waals surface area contributed by atoms with Gasteiger partial charge in [0.25, 0.3) is 0 Å². The molecule has 0 bridgehead atoms. The number of aliphatic hydroxyl groups is 1. The molecule has 0 aromatic heterocycles. The zero-order chi connectivity index (χ0) is 13.8. The van der Waals surface area contributed by atoms with Crippen LogP contribution in [0.25, 0.3) is 0 Å². The van der Waals surface area contributed by atoms with Crippen LogP contribution >= 0.6 is 15.9 Å². The summed E-state index contributed by atoms with van der Waals surface area (Å²) in [7, 11) is -3.78. The van der Waals surface area contributed by atoms with Crippen LogP contribution < -0.4 is 4.72 Å². The van der Waals surface area contributed by atoms with Gasteiger partial charge in [-0.3, -0.25) is 0 Å². The van der Waals surface area contributed by atoms with Gasteiger partial charge in [0.2, 0.25) is 10.0 Å². The summed E-state index contributed by atoms with van der Waals surface area (Å²) >= 11 is 2.95. The molecule has 2 N–H and O–H groups in total. The Bertz CT molecular complexity index is 507. The average molecular weight is 340 g/mol. The van der Waals surface area contributed by atoms with Gasteiger partial charge in [-0.05, 0) is 40.5 Å². The fourth-order valence-electron chi connectivity index (χ4n) is 1.37. The van der Waals surface area contributed by atoms with Crippen LogP contribution in [0.4, 0.5) is 4.39 Å². The fourth-order valence-corrected chi connectivity index (χ4v) is 2.70. The van der Waals surface area contributed by atoms with Gasteiger partial charge in [-0.1, -0.05) is 13.3 Å². The SMILES string of the molecule is CCCC(O)CNS(=O)(=O)c1ccc(Br)c(F)c1. The molecule has 0 aliphatic carbocycles. The van der Waals surface area contributed by atoms with E-state index in [9.17, 15) is 17.9 Å². The van der Waals surface area contributed by atoms with E-state index in [4.69, 9.17) is 0 Å². The first-order valence-corrected chi connectivity index (χ1v) is 7.77. The third kappa shape index (κ3) is 4.31. The zero-order valence-electron chi connectivity index (χ0n) is 9.86. The van der Waals surface area contributed by atoms with Crippen LogP contribution in [0, 0.1) is 5.82 Å². The minimum absolute atomic E-state index is 0.0755. The Balaban J connectivity index is 2.77. The highest BCUT2D eigenvalue weighted by molar-refractivity contribution is 9.10. The number of benzene rings is 1. The molecule has 1 atom stereocenters. The van der Waals surface area contributed by atoms with Crippen molar-refractivity contribution in [3.8, 4) is 0 Å². The number of hydrogen-bond donors (Lipinski definition) is 2. The van der Waals surface area contributed by atoms with Gasteiger partial charge in [-0.2, -0.15) is 0 Å². The first kappa shape index (κ1) is 15.6. The van der Waals surface area contributed by atoms with Crippen molar-refractivity contribution in [1.82, 2.24) is 4.72 Å². The van der Waals surface area contributed by atoms with Crippen LogP contribution in [0.5, 0.6) is 0 Å². The zero-order valence-corrected chi connectivity index (χ0v) is 12.3. The molecule has 18 heavy (non-hydrogen) atoms. The van der Waals surface area contributed by atoms with Crippen LogP contribution in [-0.4, -0.2) is 26.2 Å². The molecule has 1 unspecified atom stereocenters. The summed E-state index contributed by atoms with van der Waals surface area (Å²) in [5.74, 6) is -0.646. The van der Waals surface area contributed by atoms with Gasteiger partial charge in [-0.25, -0.2) is 17.5 Å². The van der Waals surface area contributed by atoms with E-state index >= 15 is 0 Å². The lowest BCUT2D eigenvalue weighted by Crippen LogP contribution is -2.32. The maximum absolute atomic E-state index is 13.2. The molecule has 1 aromatic rings. The Morgan fingerprint density at radius 1 is 1.50 bits per heavy atom. The molecular formula is C11H15BrFNO3S. The minimum Gasteiger partial charge on any atom is -0.392 e. The quantitative estimate of drug-likeness (QED) is 0.833. The van der Waals surface area contributed by atoms with Crippen molar-refractivity contribution < 1.29 is 17.9 Å². The maximum atomic E-state index is 13.2. The van der Waals surface area contributed by atoms with Gasteiger partial charge < -0.3 is 5.11 Å². The number of halogens is 2. The summed E-state index contributed by atoms with van der Waals surface area (Å²) in [4.78, 5) is -0.160. The number of nitrogens with one attached hydrogen (secondary N) is 1. The molecule has 1 rings (SSSR count). The maximum Gasteiger partial charge on any atom is 0.240 e. The summed E-state index contributed by atoms with van der Waals surface area (Å²) in [6.07, 6.45) is 0.539. The van der Waals surface area contributed by atoms with Crippen molar-refractivity contribution in [2.45, 2.75) is 30.8 Å². The van der Waals surface area contributed by atoms with E-state index in [0.717, 1.165) is 12.5 Å². The standard InChI is InChI=1S/C11H15BrFNO3S/c1-2-3-8(15)7-14-18(16,17)9-4-5-10(12)11(13)6-9/h4-6,8,14-15H,2-3,7H2,1H3. The highest BCUT2D eigenvalue weighted by Gasteiger charge is 2.17. The monoisotopic (exact) mass is 339 g/mol. The van der Waals surface area contributed by atoms with Gasteiger partial charge >= 0.3 is 0 Å². The van der Waals surface area contributed by atoms with E-state index in [-0.39, 0.29) is 15.9 Å². The van der Waals surface area contributed by atoms with Crippen molar-refractivity contribution in [2.75, 3.05) is 6.54 Å². The van der Waals surface area contributed by atoms with E-state index in [1.807, 2.05) is 6.92 Å². The van der Waals surface area contributed by atoms with Crippen LogP contribution in [0.15, 0.2) is 27.6 Å². The highest BCUT2D eigenvalue weighted by Crippen LogP contribution is 2.19. The highest BCUT2D eigenvalue weighted by atomic mass is 79.9. The molecule has 0 heterocycles. The topological polar surface area (TPSA) is 66.4 Å². The van der Waals surface area contributed by atoms with Crippen molar-refractivity contribution >= 4 is 26.0 Å². The van der Waals surface area contributed by atoms with Gasteiger partial charge in [0.15, 0.2) is 0 Å². The van der Waals surface area contributed by atoms with Gasteiger partial charge in [0.1, 0.15) is 5.82 Å². The summed E-state index contributed by atoms with van der Waals surface area (Å²) in [5, 5.41) is 9.45. The van der Waals surface area contributed by atoms with Crippen molar-refractivity contribution in [1.29, 1.82) is 0 Å². The van der Waals surface area contributed by atoms with E-state index < -0.39 is 21.9 Å². The number of rotatable bonds is 6. The van der Waals surface area contributed by atoms with Crippen molar-refractivity contribution in [2.24, 2.45) is 0 Å². The second-order valence-electron chi connectivity index (χ2n) is 3.87. The lowest BCUT2D eigenvalue weighted by molar-refractivity contribution is 0.167. The summed E-state index contributed by atoms with van der Waals surface area (Å²) in [6.45, 7) is 1.82. The Labute approximate surface area is 114 Å². The molecule has 1 aromatic carbocycles. The number of sulfonamides is 1. The molecule has 4 nitrogen and oxygen atoms in total. The number of hydrogen-bond acceptors (Lipinski definition) is 3. The third-order valence-corrected chi connectivity index (χ3v) is 4.40. The first-order valence-electron chi connectivity index (χ1n) is 5.49. The lowest BCUT2D eigenvalue weighted by atomic mass is 10.2. The Morgan fingerprint density at radius 3 is 2.72 bits per heavy atom. The second-order valence-corrected chi connectivity index (χ2v) is 6.49. The molecule has 0 saturated heterocycles. The van der Waals surface area contributed by atoms with Gasteiger partial charge in [-0.15, -0.1) is 0 Å². The van der Waals surface area contributed by atoms with Crippen LogP contribution in [0.1, 0.15) is 19.8 Å². The molecule has 0 radical (unpaired) electrons. The van der Waals surface area contributed by atoms with E-state index in [1.54, 1.807) is 0 Å². The summed E-state index contributed by atoms with van der Waals surface area (Å²) in [5.41, 5.74) is 0. The molecule has 7 heteroatoms. The lowest BCUT2D eigenvalue weighted by Gasteiger charge is -2.11. The average Bonchev–Trinajstić information content (AvgIpc) is 2.30. The minimum atomic E-state index is -3.78. The van der Waals surface area contributed by atoms with Crippen LogP contribution in [0.3, 0.4) is 0 Å². The summed E-state index contributed by atoms with van der Waals surface area (Å²) < 4.78 is 39.3. The predicted molar refractivity (Wildman–Crippen MR) is 70.2 cm³/mol. The molecule has 0 amide bonds. The van der Waals surface area contributed by atoms with Crippen LogP contribution in [0.2, 0.25) is 0 Å². The second kappa shape index (κ2) is 6.60. The molecule has 0 aliphatic heterocycles. The third-order valence-electron chi connectivity index (χ3n) is 2.33. The molecule has 102 valence electrons. The van der Waals surface area contributed by atoms with Gasteiger partial charge in [0, 0.05) is 6.54 Å². The molecular weight excluding hydrogens is 325 g/mol. The molecule has 0 aliphatic rings. The van der Waals surface area contributed by atoms with E-state index in [0.29, 0.717) is 6.42 Å². The largest absolute Gasteiger partial charge is 0.392 e. The first-order chi connectivity index (χ1) is 8.36. The Kier molecular flexibility index (Phi) is 5.71. The smallest absolute Gasteiger partial charge is 0.240 e. The molecule has 0 saturated carbocycles.